The highest BCUT2D eigenvalue weighted by Gasteiger charge is 2.19. The van der Waals surface area contributed by atoms with Gasteiger partial charge in [0, 0.05) is 17.1 Å². The fraction of sp³-hybridized carbons (Fsp3) is 0.294. The van der Waals surface area contributed by atoms with E-state index in [2.05, 4.69) is 33.4 Å². The second-order valence-corrected chi connectivity index (χ2v) is 6.25. The zero-order valence-corrected chi connectivity index (χ0v) is 13.2. The highest BCUT2D eigenvalue weighted by Crippen LogP contribution is 2.23. The van der Waals surface area contributed by atoms with Crippen LogP contribution in [0, 0.1) is 5.82 Å². The van der Waals surface area contributed by atoms with Crippen molar-refractivity contribution in [2.24, 2.45) is 0 Å². The van der Waals surface area contributed by atoms with Crippen LogP contribution in [-0.4, -0.2) is 6.04 Å². The Labute approximate surface area is 132 Å². The Bertz CT molecular complexity index is 628. The van der Waals surface area contributed by atoms with Crippen molar-refractivity contribution in [2.45, 2.75) is 32.0 Å². The molecular weight excluding hydrogens is 333 g/mol. The van der Waals surface area contributed by atoms with Gasteiger partial charge in [0.2, 0.25) is 0 Å². The number of hydrogen-bond donors (Lipinski definition) is 1. The molecule has 21 heavy (non-hydrogen) atoms. The highest BCUT2D eigenvalue weighted by atomic mass is 79.9. The van der Waals surface area contributed by atoms with Gasteiger partial charge in [0.15, 0.2) is 11.6 Å². The summed E-state index contributed by atoms with van der Waals surface area (Å²) in [6.45, 7) is 1.25. The summed E-state index contributed by atoms with van der Waals surface area (Å²) in [7, 11) is 0. The summed E-state index contributed by atoms with van der Waals surface area (Å²) in [5.74, 6) is -0.0735. The Hall–Kier alpha value is -1.39. The molecule has 0 bridgehead atoms. The molecule has 0 unspecified atom stereocenters. The quantitative estimate of drug-likeness (QED) is 0.833. The standard InChI is InChI=1S/C17H17BrFNO/c18-14-4-7-17(16(19)9-14)21-11-13-3-1-2-12(8-13)10-20-15-5-6-15/h1-4,7-9,15,20H,5-6,10-11H2. The summed E-state index contributed by atoms with van der Waals surface area (Å²) < 4.78 is 19.9. The van der Waals surface area contributed by atoms with Crippen molar-refractivity contribution in [3.63, 3.8) is 0 Å². The average molecular weight is 350 g/mol. The number of benzene rings is 2. The van der Waals surface area contributed by atoms with Crippen molar-refractivity contribution in [1.29, 1.82) is 0 Å². The van der Waals surface area contributed by atoms with Gasteiger partial charge in [-0.1, -0.05) is 40.2 Å². The van der Waals surface area contributed by atoms with E-state index in [0.29, 0.717) is 17.1 Å². The minimum Gasteiger partial charge on any atom is -0.486 e. The molecule has 4 heteroatoms. The van der Waals surface area contributed by atoms with Gasteiger partial charge < -0.3 is 10.1 Å². The Morgan fingerprint density at radius 3 is 2.71 bits per heavy atom. The van der Waals surface area contributed by atoms with E-state index in [1.165, 1.54) is 24.5 Å². The molecule has 2 nitrogen and oxygen atoms in total. The first-order valence-corrected chi connectivity index (χ1v) is 7.89. The maximum absolute atomic E-state index is 13.7. The minimum atomic E-state index is -0.351. The predicted octanol–water partition coefficient (Wildman–Crippen LogP) is 4.42. The maximum Gasteiger partial charge on any atom is 0.166 e. The van der Waals surface area contributed by atoms with E-state index in [1.807, 2.05) is 12.1 Å². The summed E-state index contributed by atoms with van der Waals surface area (Å²) in [4.78, 5) is 0. The molecule has 0 aromatic heterocycles. The molecule has 2 aromatic rings. The number of ether oxygens (including phenoxy) is 1. The lowest BCUT2D eigenvalue weighted by Gasteiger charge is -2.09. The summed E-state index contributed by atoms with van der Waals surface area (Å²) in [6, 6.07) is 13.7. The third-order valence-corrected chi connectivity index (χ3v) is 3.95. The van der Waals surface area contributed by atoms with Crippen molar-refractivity contribution in [3.05, 3.63) is 63.9 Å². The van der Waals surface area contributed by atoms with Crippen LogP contribution in [0.3, 0.4) is 0 Å². The molecule has 0 spiro atoms. The van der Waals surface area contributed by atoms with E-state index in [4.69, 9.17) is 4.74 Å². The topological polar surface area (TPSA) is 21.3 Å². The summed E-state index contributed by atoms with van der Waals surface area (Å²) in [5, 5.41) is 3.48. The lowest BCUT2D eigenvalue weighted by atomic mass is 10.1. The Kier molecular flexibility index (Phi) is 4.56. The lowest BCUT2D eigenvalue weighted by Crippen LogP contribution is -2.15. The molecule has 1 saturated carbocycles. The van der Waals surface area contributed by atoms with E-state index in [-0.39, 0.29) is 11.6 Å². The molecule has 0 amide bonds. The molecule has 0 aliphatic heterocycles. The van der Waals surface area contributed by atoms with E-state index < -0.39 is 0 Å². The highest BCUT2D eigenvalue weighted by molar-refractivity contribution is 9.10. The van der Waals surface area contributed by atoms with Crippen LogP contribution in [0.4, 0.5) is 4.39 Å². The lowest BCUT2D eigenvalue weighted by molar-refractivity contribution is 0.290. The largest absolute Gasteiger partial charge is 0.486 e. The second kappa shape index (κ2) is 6.58. The average Bonchev–Trinajstić information content (AvgIpc) is 3.29. The fourth-order valence-corrected chi connectivity index (χ4v) is 2.47. The second-order valence-electron chi connectivity index (χ2n) is 5.34. The van der Waals surface area contributed by atoms with Gasteiger partial charge in [-0.25, -0.2) is 4.39 Å². The predicted molar refractivity (Wildman–Crippen MR) is 84.7 cm³/mol. The van der Waals surface area contributed by atoms with Crippen LogP contribution in [-0.2, 0) is 13.2 Å². The molecule has 1 N–H and O–H groups in total. The number of hydrogen-bond acceptors (Lipinski definition) is 2. The van der Waals surface area contributed by atoms with Gasteiger partial charge in [0.1, 0.15) is 6.61 Å². The summed E-state index contributed by atoms with van der Waals surface area (Å²) in [5.41, 5.74) is 2.28. The van der Waals surface area contributed by atoms with Crippen LogP contribution in [0.5, 0.6) is 5.75 Å². The molecule has 0 atom stereocenters. The van der Waals surface area contributed by atoms with Gasteiger partial charge in [0.05, 0.1) is 0 Å². The molecule has 1 aliphatic rings. The number of rotatable bonds is 6. The van der Waals surface area contributed by atoms with Crippen molar-refractivity contribution >= 4 is 15.9 Å². The van der Waals surface area contributed by atoms with Gasteiger partial charge in [-0.15, -0.1) is 0 Å². The Morgan fingerprint density at radius 1 is 1.14 bits per heavy atom. The van der Waals surface area contributed by atoms with E-state index >= 15 is 0 Å². The van der Waals surface area contributed by atoms with Gasteiger partial charge in [0.25, 0.3) is 0 Å². The zero-order valence-electron chi connectivity index (χ0n) is 11.6. The Morgan fingerprint density at radius 2 is 1.95 bits per heavy atom. The van der Waals surface area contributed by atoms with Crippen molar-refractivity contribution in [2.75, 3.05) is 0 Å². The monoisotopic (exact) mass is 349 g/mol. The summed E-state index contributed by atoms with van der Waals surface area (Å²) >= 11 is 3.23. The van der Waals surface area contributed by atoms with Crippen LogP contribution in [0.15, 0.2) is 46.9 Å². The van der Waals surface area contributed by atoms with Crippen molar-refractivity contribution < 1.29 is 9.13 Å². The zero-order chi connectivity index (χ0) is 14.7. The van der Waals surface area contributed by atoms with Crippen LogP contribution in [0.2, 0.25) is 0 Å². The maximum atomic E-state index is 13.7. The first-order valence-electron chi connectivity index (χ1n) is 7.10. The molecule has 2 aromatic carbocycles. The minimum absolute atomic E-state index is 0.278. The van der Waals surface area contributed by atoms with Crippen LogP contribution in [0.1, 0.15) is 24.0 Å². The third kappa shape index (κ3) is 4.29. The van der Waals surface area contributed by atoms with E-state index in [0.717, 1.165) is 12.1 Å². The number of halogens is 2. The molecule has 1 fully saturated rings. The molecular formula is C17H17BrFNO. The van der Waals surface area contributed by atoms with Crippen molar-refractivity contribution in [3.8, 4) is 5.75 Å². The molecule has 110 valence electrons. The van der Waals surface area contributed by atoms with Gasteiger partial charge in [-0.05, 0) is 42.2 Å². The van der Waals surface area contributed by atoms with Crippen molar-refractivity contribution in [1.82, 2.24) is 5.32 Å². The molecule has 3 rings (SSSR count). The smallest absolute Gasteiger partial charge is 0.166 e. The normalized spacial score (nSPS) is 14.2. The molecule has 1 aliphatic carbocycles. The fourth-order valence-electron chi connectivity index (χ4n) is 2.13. The third-order valence-electron chi connectivity index (χ3n) is 3.45. The van der Waals surface area contributed by atoms with Gasteiger partial charge in [-0.2, -0.15) is 0 Å². The van der Waals surface area contributed by atoms with Crippen LogP contribution < -0.4 is 10.1 Å². The van der Waals surface area contributed by atoms with Gasteiger partial charge in [-0.3, -0.25) is 0 Å². The molecule has 0 radical (unpaired) electrons. The first-order chi connectivity index (χ1) is 10.2. The van der Waals surface area contributed by atoms with E-state index in [1.54, 1.807) is 12.1 Å². The molecule has 0 saturated heterocycles. The molecule has 0 heterocycles. The SMILES string of the molecule is Fc1cc(Br)ccc1OCc1cccc(CNC2CC2)c1. The first kappa shape index (κ1) is 14.5. The Balaban J connectivity index is 1.60. The van der Waals surface area contributed by atoms with E-state index in [9.17, 15) is 4.39 Å². The van der Waals surface area contributed by atoms with Gasteiger partial charge >= 0.3 is 0 Å². The van der Waals surface area contributed by atoms with Crippen LogP contribution in [0.25, 0.3) is 0 Å². The number of nitrogens with one attached hydrogen (secondary N) is 1. The summed E-state index contributed by atoms with van der Waals surface area (Å²) in [6.07, 6.45) is 2.57. The van der Waals surface area contributed by atoms with Crippen LogP contribution >= 0.6 is 15.9 Å².